The van der Waals surface area contributed by atoms with Crippen molar-refractivity contribution in [2.24, 2.45) is 0 Å². The summed E-state index contributed by atoms with van der Waals surface area (Å²) in [6, 6.07) is 20.4. The highest BCUT2D eigenvalue weighted by Gasteiger charge is 2.30. The van der Waals surface area contributed by atoms with Gasteiger partial charge < -0.3 is 19.7 Å². The van der Waals surface area contributed by atoms with Crippen LogP contribution in [0.25, 0.3) is 22.0 Å². The number of aryl methyl sites for hydroxylation is 2. The first-order valence-electron chi connectivity index (χ1n) is 13.3. The van der Waals surface area contributed by atoms with E-state index in [0.717, 1.165) is 63.2 Å². The van der Waals surface area contributed by atoms with E-state index in [-0.39, 0.29) is 18.0 Å². The van der Waals surface area contributed by atoms with Crippen molar-refractivity contribution < 1.29 is 14.3 Å². The van der Waals surface area contributed by atoms with Crippen molar-refractivity contribution in [3.8, 4) is 22.6 Å². The number of amides is 1. The van der Waals surface area contributed by atoms with Crippen LogP contribution in [0.5, 0.6) is 11.5 Å². The number of fused-ring (bicyclic) bond motifs is 2. The Bertz CT molecular complexity index is 1520. The molecule has 0 bridgehead atoms. The van der Waals surface area contributed by atoms with E-state index in [1.54, 1.807) is 0 Å². The number of hydrogen-bond donors (Lipinski definition) is 1. The zero-order valence-corrected chi connectivity index (χ0v) is 22.0. The van der Waals surface area contributed by atoms with Gasteiger partial charge in [0.1, 0.15) is 13.2 Å². The summed E-state index contributed by atoms with van der Waals surface area (Å²) >= 11 is 0. The van der Waals surface area contributed by atoms with E-state index in [1.807, 2.05) is 61.2 Å². The van der Waals surface area contributed by atoms with E-state index in [1.165, 1.54) is 0 Å². The fourth-order valence-electron chi connectivity index (χ4n) is 5.55. The molecule has 1 N–H and O–H groups in total. The van der Waals surface area contributed by atoms with Crippen LogP contribution >= 0.6 is 0 Å². The molecule has 3 heterocycles. The third-order valence-corrected chi connectivity index (χ3v) is 7.50. The Labute approximate surface area is 222 Å². The number of piperidine rings is 1. The van der Waals surface area contributed by atoms with E-state index in [9.17, 15) is 4.79 Å². The molecule has 38 heavy (non-hydrogen) atoms. The predicted molar refractivity (Wildman–Crippen MR) is 149 cm³/mol. The van der Waals surface area contributed by atoms with Gasteiger partial charge in [0.05, 0.1) is 11.2 Å². The largest absolute Gasteiger partial charge is 0.486 e. The standard InChI is InChI=1S/C31H32N4O3/c1-19-6-4-7-23(16-19)30(36)35-13-12-24(17-20(35)2)33-31-32-21(3)26-18-22(10-11-27(26)34-31)25-8-5-9-28-29(25)38-15-14-37-28/h4-11,16,18,20,24H,12-15,17H2,1-3H3,(H,32,33,34)/t20-,24?/m1/s1. The molecule has 7 nitrogen and oxygen atoms in total. The van der Waals surface area contributed by atoms with Crippen LogP contribution in [0.1, 0.15) is 41.4 Å². The first-order valence-corrected chi connectivity index (χ1v) is 13.3. The molecule has 2 aliphatic rings. The number of carbonyl (C=O) groups excluding carboxylic acids is 1. The first-order chi connectivity index (χ1) is 18.5. The van der Waals surface area contributed by atoms with Gasteiger partial charge in [0.2, 0.25) is 5.95 Å². The average Bonchev–Trinajstić information content (AvgIpc) is 2.92. The molecule has 2 atom stereocenters. The number of rotatable bonds is 4. The number of aromatic nitrogens is 2. The molecule has 0 aliphatic carbocycles. The van der Waals surface area contributed by atoms with Gasteiger partial charge in [-0.25, -0.2) is 9.97 Å². The Balaban J connectivity index is 1.18. The van der Waals surface area contributed by atoms with Gasteiger partial charge >= 0.3 is 0 Å². The molecule has 1 amide bonds. The van der Waals surface area contributed by atoms with Crippen LogP contribution in [0.3, 0.4) is 0 Å². The van der Waals surface area contributed by atoms with Gasteiger partial charge in [-0.05, 0) is 69.5 Å². The summed E-state index contributed by atoms with van der Waals surface area (Å²) in [5.41, 5.74) is 5.72. The number of hydrogen-bond acceptors (Lipinski definition) is 6. The number of carbonyl (C=O) groups is 1. The van der Waals surface area contributed by atoms with Crippen LogP contribution in [0.15, 0.2) is 60.7 Å². The summed E-state index contributed by atoms with van der Waals surface area (Å²) in [7, 11) is 0. The molecule has 1 aromatic heterocycles. The molecule has 1 fully saturated rings. The maximum atomic E-state index is 13.1. The smallest absolute Gasteiger partial charge is 0.254 e. The topological polar surface area (TPSA) is 76.6 Å². The summed E-state index contributed by atoms with van der Waals surface area (Å²) in [5, 5.41) is 4.55. The highest BCUT2D eigenvalue weighted by Crippen LogP contribution is 2.40. The molecule has 4 aromatic rings. The normalized spacial score (nSPS) is 18.9. The number of anilines is 1. The van der Waals surface area contributed by atoms with Crippen molar-refractivity contribution >= 4 is 22.8 Å². The Hall–Kier alpha value is -4.13. The fraction of sp³-hybridized carbons (Fsp3) is 0.323. The zero-order chi connectivity index (χ0) is 26.2. The van der Waals surface area contributed by atoms with Crippen LogP contribution in [0.2, 0.25) is 0 Å². The van der Waals surface area contributed by atoms with Crippen LogP contribution in [0, 0.1) is 13.8 Å². The molecule has 7 heteroatoms. The Morgan fingerprint density at radius 1 is 1.00 bits per heavy atom. The highest BCUT2D eigenvalue weighted by molar-refractivity contribution is 5.94. The molecule has 0 radical (unpaired) electrons. The fourth-order valence-corrected chi connectivity index (χ4v) is 5.55. The number of nitrogens with zero attached hydrogens (tertiary/aromatic N) is 3. The second-order valence-electron chi connectivity index (χ2n) is 10.3. The van der Waals surface area contributed by atoms with Crippen LogP contribution in [-0.2, 0) is 0 Å². The van der Waals surface area contributed by atoms with Gasteiger partial charge in [0.15, 0.2) is 11.5 Å². The van der Waals surface area contributed by atoms with Gasteiger partial charge in [-0.1, -0.05) is 35.9 Å². The maximum absolute atomic E-state index is 13.1. The number of ether oxygens (including phenoxy) is 2. The average molecular weight is 509 g/mol. The third kappa shape index (κ3) is 4.64. The highest BCUT2D eigenvalue weighted by atomic mass is 16.6. The van der Waals surface area contributed by atoms with Crippen molar-refractivity contribution in [1.29, 1.82) is 0 Å². The number of likely N-dealkylation sites (tertiary alicyclic amines) is 1. The van der Waals surface area contributed by atoms with Crippen LogP contribution < -0.4 is 14.8 Å². The summed E-state index contributed by atoms with van der Waals surface area (Å²) in [6.45, 7) is 7.97. The van der Waals surface area contributed by atoms with E-state index in [2.05, 4.69) is 30.4 Å². The van der Waals surface area contributed by atoms with E-state index >= 15 is 0 Å². The lowest BCUT2D eigenvalue weighted by atomic mass is 9.97. The molecular formula is C31H32N4O3. The third-order valence-electron chi connectivity index (χ3n) is 7.50. The van der Waals surface area contributed by atoms with Gasteiger partial charge in [-0.2, -0.15) is 0 Å². The Kier molecular flexibility index (Phi) is 6.35. The molecule has 3 aromatic carbocycles. The minimum Gasteiger partial charge on any atom is -0.486 e. The van der Waals surface area contributed by atoms with Gasteiger partial charge in [0, 0.05) is 35.1 Å². The first kappa shape index (κ1) is 24.2. The second kappa shape index (κ2) is 9.97. The molecule has 1 unspecified atom stereocenters. The van der Waals surface area contributed by atoms with Gasteiger partial charge in [-0.3, -0.25) is 4.79 Å². The quantitative estimate of drug-likeness (QED) is 0.376. The monoisotopic (exact) mass is 508 g/mol. The second-order valence-corrected chi connectivity index (χ2v) is 10.3. The lowest BCUT2D eigenvalue weighted by Gasteiger charge is -2.38. The molecule has 194 valence electrons. The minimum atomic E-state index is 0.102. The number of benzene rings is 3. The number of nitrogens with one attached hydrogen (secondary N) is 1. The lowest BCUT2D eigenvalue weighted by molar-refractivity contribution is 0.0625. The molecule has 6 rings (SSSR count). The molecule has 0 spiro atoms. The Morgan fingerprint density at radius 3 is 2.68 bits per heavy atom. The lowest BCUT2D eigenvalue weighted by Crippen LogP contribution is -2.48. The van der Waals surface area contributed by atoms with Crippen molar-refractivity contribution in [3.05, 3.63) is 77.5 Å². The van der Waals surface area contributed by atoms with Crippen LogP contribution in [0.4, 0.5) is 5.95 Å². The SMILES string of the molecule is Cc1cccc(C(=O)N2CCC(Nc3nc(C)c4cc(-c5cccc6c5OCCO6)ccc4n3)C[C@H]2C)c1. The molecule has 1 saturated heterocycles. The maximum Gasteiger partial charge on any atom is 0.254 e. The minimum absolute atomic E-state index is 0.102. The Morgan fingerprint density at radius 2 is 1.84 bits per heavy atom. The van der Waals surface area contributed by atoms with E-state index in [0.29, 0.717) is 25.7 Å². The summed E-state index contributed by atoms with van der Waals surface area (Å²) in [6.07, 6.45) is 1.70. The zero-order valence-electron chi connectivity index (χ0n) is 22.0. The van der Waals surface area contributed by atoms with Crippen molar-refractivity contribution in [2.75, 3.05) is 25.1 Å². The van der Waals surface area contributed by atoms with Crippen molar-refractivity contribution in [2.45, 2.75) is 45.7 Å². The molecule has 0 saturated carbocycles. The molecule has 2 aliphatic heterocycles. The van der Waals surface area contributed by atoms with E-state index < -0.39 is 0 Å². The summed E-state index contributed by atoms with van der Waals surface area (Å²) in [4.78, 5) is 24.7. The van der Waals surface area contributed by atoms with Gasteiger partial charge in [0.25, 0.3) is 5.91 Å². The van der Waals surface area contributed by atoms with Crippen molar-refractivity contribution in [3.63, 3.8) is 0 Å². The van der Waals surface area contributed by atoms with E-state index in [4.69, 9.17) is 19.4 Å². The van der Waals surface area contributed by atoms with Crippen molar-refractivity contribution in [1.82, 2.24) is 14.9 Å². The summed E-state index contributed by atoms with van der Waals surface area (Å²) in [5.74, 6) is 2.30. The molecular weight excluding hydrogens is 476 g/mol. The number of para-hydroxylation sites is 1. The van der Waals surface area contributed by atoms with Crippen LogP contribution in [-0.4, -0.2) is 52.6 Å². The summed E-state index contributed by atoms with van der Waals surface area (Å²) < 4.78 is 11.7. The van der Waals surface area contributed by atoms with Gasteiger partial charge in [-0.15, -0.1) is 0 Å². The predicted octanol–water partition coefficient (Wildman–Crippen LogP) is 5.79.